The van der Waals surface area contributed by atoms with Gasteiger partial charge in [-0.1, -0.05) is 18.5 Å². The lowest BCUT2D eigenvalue weighted by molar-refractivity contribution is -0.119. The smallest absolute Gasteiger partial charge is 0.253 e. The van der Waals surface area contributed by atoms with Crippen LogP contribution in [0.15, 0.2) is 18.2 Å². The Kier molecular flexibility index (Phi) is 5.64. The average molecular weight is 359 g/mol. The van der Waals surface area contributed by atoms with Gasteiger partial charge in [-0.25, -0.2) is 8.42 Å². The number of nitrogens with one attached hydrogen (secondary N) is 2. The number of benzene rings is 1. The first kappa shape index (κ1) is 17.7. The van der Waals surface area contributed by atoms with Gasteiger partial charge >= 0.3 is 0 Å². The van der Waals surface area contributed by atoms with Gasteiger partial charge in [-0.05, 0) is 31.0 Å². The molecule has 6 nitrogen and oxygen atoms in total. The summed E-state index contributed by atoms with van der Waals surface area (Å²) in [4.78, 5) is 24.4. The van der Waals surface area contributed by atoms with Crippen LogP contribution in [0.3, 0.4) is 0 Å². The molecule has 1 heterocycles. The average Bonchev–Trinajstić information content (AvgIpc) is 2.85. The highest BCUT2D eigenvalue weighted by atomic mass is 35.5. The lowest BCUT2D eigenvalue weighted by Gasteiger charge is -2.14. The van der Waals surface area contributed by atoms with Crippen LogP contribution >= 0.6 is 11.6 Å². The predicted molar refractivity (Wildman–Crippen MR) is 89.5 cm³/mol. The number of sulfone groups is 1. The molecule has 0 aromatic heterocycles. The SMILES string of the molecule is CCCNC(=O)c1ccc(Cl)cc1NC(=O)[C@H]1CCS(=O)(=O)C1. The highest BCUT2D eigenvalue weighted by Gasteiger charge is 2.33. The molecule has 8 heteroatoms. The molecular weight excluding hydrogens is 340 g/mol. The maximum Gasteiger partial charge on any atom is 0.253 e. The van der Waals surface area contributed by atoms with Gasteiger partial charge in [-0.2, -0.15) is 0 Å². The summed E-state index contributed by atoms with van der Waals surface area (Å²) >= 11 is 5.94. The monoisotopic (exact) mass is 358 g/mol. The zero-order valence-corrected chi connectivity index (χ0v) is 14.3. The van der Waals surface area contributed by atoms with Crippen LogP contribution in [0.25, 0.3) is 0 Å². The summed E-state index contributed by atoms with van der Waals surface area (Å²) in [5, 5.41) is 5.76. The second-order valence-electron chi connectivity index (χ2n) is 5.54. The number of hydrogen-bond acceptors (Lipinski definition) is 4. The van der Waals surface area contributed by atoms with Crippen molar-refractivity contribution in [3.63, 3.8) is 0 Å². The Morgan fingerprint density at radius 2 is 2.09 bits per heavy atom. The second-order valence-corrected chi connectivity index (χ2v) is 8.20. The molecule has 1 atom stereocenters. The lowest BCUT2D eigenvalue weighted by Crippen LogP contribution is -2.28. The van der Waals surface area contributed by atoms with Crippen LogP contribution in [0.2, 0.25) is 5.02 Å². The Morgan fingerprint density at radius 1 is 1.35 bits per heavy atom. The van der Waals surface area contributed by atoms with Crippen LogP contribution in [-0.4, -0.2) is 38.3 Å². The van der Waals surface area contributed by atoms with Crippen molar-refractivity contribution in [1.82, 2.24) is 5.32 Å². The molecule has 23 heavy (non-hydrogen) atoms. The third kappa shape index (κ3) is 4.68. The number of amides is 2. The molecule has 0 aliphatic carbocycles. The maximum atomic E-state index is 12.3. The minimum atomic E-state index is -3.15. The van der Waals surface area contributed by atoms with Crippen molar-refractivity contribution in [1.29, 1.82) is 0 Å². The van der Waals surface area contributed by atoms with E-state index in [1.807, 2.05) is 6.92 Å². The summed E-state index contributed by atoms with van der Waals surface area (Å²) in [5.41, 5.74) is 0.595. The van der Waals surface area contributed by atoms with E-state index in [4.69, 9.17) is 11.6 Å². The van der Waals surface area contributed by atoms with Gasteiger partial charge in [-0.3, -0.25) is 9.59 Å². The Balaban J connectivity index is 2.16. The van der Waals surface area contributed by atoms with Crippen LogP contribution in [0.1, 0.15) is 30.1 Å². The van der Waals surface area contributed by atoms with E-state index in [0.717, 1.165) is 6.42 Å². The topological polar surface area (TPSA) is 92.3 Å². The fraction of sp³-hybridized carbons (Fsp3) is 0.467. The molecular formula is C15H19ClN2O4S. The van der Waals surface area contributed by atoms with Gasteiger partial charge in [-0.15, -0.1) is 0 Å². The molecule has 1 aromatic carbocycles. The summed E-state index contributed by atoms with van der Waals surface area (Å²) in [6.07, 6.45) is 1.09. The Labute approximate surface area is 140 Å². The van der Waals surface area contributed by atoms with Crippen molar-refractivity contribution in [3.8, 4) is 0 Å². The highest BCUT2D eigenvalue weighted by molar-refractivity contribution is 7.91. The van der Waals surface area contributed by atoms with E-state index in [-0.39, 0.29) is 17.4 Å². The summed E-state index contributed by atoms with van der Waals surface area (Å²) in [6.45, 7) is 2.46. The van der Waals surface area contributed by atoms with Crippen LogP contribution in [-0.2, 0) is 14.6 Å². The zero-order valence-electron chi connectivity index (χ0n) is 12.8. The van der Waals surface area contributed by atoms with Gasteiger partial charge in [0.1, 0.15) is 0 Å². The molecule has 1 aliphatic rings. The van der Waals surface area contributed by atoms with Gasteiger partial charge in [0.25, 0.3) is 5.91 Å². The molecule has 2 amide bonds. The third-order valence-corrected chi connectivity index (χ3v) is 5.63. The van der Waals surface area contributed by atoms with E-state index in [2.05, 4.69) is 10.6 Å². The molecule has 1 fully saturated rings. The molecule has 0 bridgehead atoms. The maximum absolute atomic E-state index is 12.3. The summed E-state index contributed by atoms with van der Waals surface area (Å²) < 4.78 is 23.0. The zero-order chi connectivity index (χ0) is 17.0. The van der Waals surface area contributed by atoms with Crippen molar-refractivity contribution in [2.45, 2.75) is 19.8 Å². The first-order chi connectivity index (χ1) is 10.8. The highest BCUT2D eigenvalue weighted by Crippen LogP contribution is 2.24. The van der Waals surface area contributed by atoms with E-state index in [9.17, 15) is 18.0 Å². The molecule has 0 radical (unpaired) electrons. The van der Waals surface area contributed by atoms with Crippen LogP contribution < -0.4 is 10.6 Å². The summed E-state index contributed by atoms with van der Waals surface area (Å²) in [6, 6.07) is 4.59. The Hall–Kier alpha value is -1.60. The van der Waals surface area contributed by atoms with E-state index < -0.39 is 21.7 Å². The molecule has 126 valence electrons. The van der Waals surface area contributed by atoms with Crippen molar-refractivity contribution in [2.24, 2.45) is 5.92 Å². The van der Waals surface area contributed by atoms with Crippen molar-refractivity contribution in [3.05, 3.63) is 28.8 Å². The van der Waals surface area contributed by atoms with Crippen LogP contribution in [0.5, 0.6) is 0 Å². The molecule has 0 spiro atoms. The number of carbonyl (C=O) groups excluding carboxylic acids is 2. The summed E-state index contributed by atoms with van der Waals surface area (Å²) in [5.74, 6) is -1.44. The fourth-order valence-corrected chi connectivity index (χ4v) is 4.30. The van der Waals surface area contributed by atoms with E-state index in [1.165, 1.54) is 12.1 Å². The molecule has 2 rings (SSSR count). The largest absolute Gasteiger partial charge is 0.352 e. The van der Waals surface area contributed by atoms with E-state index in [1.54, 1.807) is 6.07 Å². The lowest BCUT2D eigenvalue weighted by atomic mass is 10.1. The van der Waals surface area contributed by atoms with Crippen molar-refractivity contribution in [2.75, 3.05) is 23.4 Å². The molecule has 0 unspecified atom stereocenters. The van der Waals surface area contributed by atoms with Gasteiger partial charge in [0.05, 0.1) is 28.7 Å². The Morgan fingerprint density at radius 3 is 2.70 bits per heavy atom. The number of rotatable bonds is 5. The van der Waals surface area contributed by atoms with Gasteiger partial charge in [0.2, 0.25) is 5.91 Å². The first-order valence-corrected chi connectivity index (χ1v) is 9.61. The fourth-order valence-electron chi connectivity index (χ4n) is 2.39. The van der Waals surface area contributed by atoms with E-state index >= 15 is 0 Å². The molecule has 0 saturated carbocycles. The number of carbonyl (C=O) groups is 2. The van der Waals surface area contributed by atoms with E-state index in [0.29, 0.717) is 29.2 Å². The molecule has 1 aliphatic heterocycles. The third-order valence-electron chi connectivity index (χ3n) is 3.62. The minimum absolute atomic E-state index is 0.0183. The van der Waals surface area contributed by atoms with Gasteiger partial charge in [0.15, 0.2) is 9.84 Å². The first-order valence-electron chi connectivity index (χ1n) is 7.41. The standard InChI is InChI=1S/C15H19ClN2O4S/c1-2-6-17-15(20)12-4-3-11(16)8-13(12)18-14(19)10-5-7-23(21,22)9-10/h3-4,8,10H,2,5-7,9H2,1H3,(H,17,20)(H,18,19)/t10-/m0/s1. The van der Waals surface area contributed by atoms with Crippen LogP contribution in [0, 0.1) is 5.92 Å². The molecule has 2 N–H and O–H groups in total. The summed E-state index contributed by atoms with van der Waals surface area (Å²) in [7, 11) is -3.15. The minimum Gasteiger partial charge on any atom is -0.352 e. The number of hydrogen-bond donors (Lipinski definition) is 2. The quantitative estimate of drug-likeness (QED) is 0.840. The normalized spacial score (nSPS) is 19.3. The second kappa shape index (κ2) is 7.31. The van der Waals surface area contributed by atoms with Crippen molar-refractivity contribution >= 4 is 38.9 Å². The predicted octanol–water partition coefficient (Wildman–Crippen LogP) is 1.85. The number of anilines is 1. The van der Waals surface area contributed by atoms with Crippen molar-refractivity contribution < 1.29 is 18.0 Å². The molecule has 1 saturated heterocycles. The van der Waals surface area contributed by atoms with Gasteiger partial charge in [0, 0.05) is 11.6 Å². The Bertz CT molecular complexity index is 718. The van der Waals surface area contributed by atoms with Gasteiger partial charge < -0.3 is 10.6 Å². The van der Waals surface area contributed by atoms with Crippen LogP contribution in [0.4, 0.5) is 5.69 Å². The number of halogens is 1. The molecule has 1 aromatic rings.